The van der Waals surface area contributed by atoms with Crippen molar-refractivity contribution >= 4 is 40.8 Å². The van der Waals surface area contributed by atoms with Crippen molar-refractivity contribution in [3.05, 3.63) is 77.0 Å². The number of anilines is 3. The maximum absolute atomic E-state index is 12.7. The van der Waals surface area contributed by atoms with E-state index in [-0.39, 0.29) is 5.91 Å². The van der Waals surface area contributed by atoms with Gasteiger partial charge < -0.3 is 20.1 Å². The van der Waals surface area contributed by atoms with Crippen LogP contribution in [0.15, 0.2) is 60.8 Å². The number of rotatable bonds is 9. The number of aromatic nitrogens is 1. The molecular weight excluding hydrogens is 452 g/mol. The summed E-state index contributed by atoms with van der Waals surface area (Å²) >= 11 is 6.15. The molecule has 1 heterocycles. The molecule has 34 heavy (non-hydrogen) atoms. The van der Waals surface area contributed by atoms with Gasteiger partial charge in [-0.05, 0) is 54.5 Å². The fourth-order valence-corrected chi connectivity index (χ4v) is 3.15. The predicted molar refractivity (Wildman–Crippen MR) is 135 cm³/mol. The minimum atomic E-state index is -0.348. The van der Waals surface area contributed by atoms with Gasteiger partial charge in [-0.1, -0.05) is 31.5 Å². The second kappa shape index (κ2) is 11.7. The number of nitrogens with one attached hydrogen (secondary N) is 2. The second-order valence-corrected chi connectivity index (χ2v) is 8.19. The summed E-state index contributed by atoms with van der Waals surface area (Å²) in [6.07, 6.45) is 4.54. The predicted octanol–water partition coefficient (Wildman–Crippen LogP) is 6.05. The Balaban J connectivity index is 1.79. The van der Waals surface area contributed by atoms with Crippen LogP contribution in [0.5, 0.6) is 11.5 Å². The average Bonchev–Trinajstić information content (AvgIpc) is 2.83. The number of benzene rings is 2. The van der Waals surface area contributed by atoms with Gasteiger partial charge in [-0.2, -0.15) is 5.26 Å². The number of hydrogen-bond acceptors (Lipinski definition) is 6. The zero-order valence-electron chi connectivity index (χ0n) is 19.1. The van der Waals surface area contributed by atoms with E-state index in [9.17, 15) is 4.79 Å². The van der Waals surface area contributed by atoms with Crippen LogP contribution in [0.2, 0.25) is 5.02 Å². The fraction of sp³-hybridized carbons (Fsp3) is 0.192. The van der Waals surface area contributed by atoms with Crippen molar-refractivity contribution in [2.45, 2.75) is 13.8 Å². The topological polar surface area (TPSA) is 96.3 Å². The molecule has 2 N–H and O–H groups in total. The molecule has 8 heteroatoms. The summed E-state index contributed by atoms with van der Waals surface area (Å²) < 4.78 is 11.3. The lowest BCUT2D eigenvalue weighted by Gasteiger charge is -2.14. The van der Waals surface area contributed by atoms with E-state index in [2.05, 4.69) is 29.5 Å². The Kier molecular flexibility index (Phi) is 8.49. The average molecular weight is 477 g/mol. The fourth-order valence-electron chi connectivity index (χ4n) is 2.98. The molecule has 0 bridgehead atoms. The number of amides is 1. The first-order valence-electron chi connectivity index (χ1n) is 10.6. The summed E-state index contributed by atoms with van der Waals surface area (Å²) in [6.45, 7) is 4.67. The highest BCUT2D eigenvalue weighted by atomic mass is 35.5. The summed E-state index contributed by atoms with van der Waals surface area (Å²) in [5, 5.41) is 15.4. The van der Waals surface area contributed by atoms with Gasteiger partial charge in [0.2, 0.25) is 5.91 Å². The van der Waals surface area contributed by atoms with Gasteiger partial charge in [-0.15, -0.1) is 0 Å². The van der Waals surface area contributed by atoms with Crippen LogP contribution in [0.1, 0.15) is 25.0 Å². The molecule has 174 valence electrons. The third kappa shape index (κ3) is 6.74. The number of hydrogen-bond donors (Lipinski definition) is 2. The maximum atomic E-state index is 12.7. The van der Waals surface area contributed by atoms with Crippen molar-refractivity contribution in [2.24, 2.45) is 5.92 Å². The van der Waals surface area contributed by atoms with E-state index in [1.807, 2.05) is 24.3 Å². The molecule has 0 aliphatic heterocycles. The number of carbonyl (C=O) groups is 1. The number of nitrogens with zero attached hydrogens (tertiary/aromatic N) is 2. The van der Waals surface area contributed by atoms with Crippen molar-refractivity contribution in [3.63, 3.8) is 0 Å². The molecule has 1 amide bonds. The van der Waals surface area contributed by atoms with E-state index < -0.39 is 0 Å². The number of pyridine rings is 1. The third-order valence-electron chi connectivity index (χ3n) is 4.61. The van der Waals surface area contributed by atoms with Gasteiger partial charge in [-0.3, -0.25) is 4.79 Å². The summed E-state index contributed by atoms with van der Waals surface area (Å²) in [4.78, 5) is 16.9. The van der Waals surface area contributed by atoms with Gasteiger partial charge in [0, 0.05) is 17.3 Å². The highest BCUT2D eigenvalue weighted by Crippen LogP contribution is 2.31. The van der Waals surface area contributed by atoms with Crippen LogP contribution in [-0.2, 0) is 4.79 Å². The van der Waals surface area contributed by atoms with Crippen LogP contribution in [-0.4, -0.2) is 24.6 Å². The van der Waals surface area contributed by atoms with Gasteiger partial charge in [0.05, 0.1) is 36.2 Å². The van der Waals surface area contributed by atoms with E-state index in [0.717, 1.165) is 0 Å². The molecule has 0 radical (unpaired) electrons. The third-order valence-corrected chi connectivity index (χ3v) is 4.85. The summed E-state index contributed by atoms with van der Waals surface area (Å²) in [7, 11) is 1.57. The highest BCUT2D eigenvalue weighted by molar-refractivity contribution is 6.31. The van der Waals surface area contributed by atoms with E-state index >= 15 is 0 Å². The van der Waals surface area contributed by atoms with E-state index in [4.69, 9.17) is 26.3 Å². The Morgan fingerprint density at radius 2 is 1.97 bits per heavy atom. The number of ether oxygens (including phenoxy) is 2. The molecule has 0 saturated heterocycles. The van der Waals surface area contributed by atoms with Crippen molar-refractivity contribution in [2.75, 3.05) is 24.4 Å². The number of carbonyl (C=O) groups excluding carboxylic acids is 1. The van der Waals surface area contributed by atoms with Crippen molar-refractivity contribution in [3.8, 4) is 17.6 Å². The molecular formula is C26H25ClN4O3. The molecule has 0 saturated carbocycles. The first kappa shape index (κ1) is 24.6. The van der Waals surface area contributed by atoms with Gasteiger partial charge in [0.25, 0.3) is 0 Å². The van der Waals surface area contributed by atoms with Crippen molar-refractivity contribution < 1.29 is 14.3 Å². The number of methoxy groups -OCH3 is 1. The van der Waals surface area contributed by atoms with Crippen LogP contribution in [0.25, 0.3) is 6.08 Å². The van der Waals surface area contributed by atoms with Crippen LogP contribution >= 0.6 is 11.6 Å². The van der Waals surface area contributed by atoms with Gasteiger partial charge >= 0.3 is 0 Å². The second-order valence-electron chi connectivity index (χ2n) is 7.76. The van der Waals surface area contributed by atoms with Crippen LogP contribution < -0.4 is 20.1 Å². The van der Waals surface area contributed by atoms with Crippen LogP contribution in [0.3, 0.4) is 0 Å². The van der Waals surface area contributed by atoms with Gasteiger partial charge in [0.15, 0.2) is 0 Å². The maximum Gasteiger partial charge on any atom is 0.248 e. The van der Waals surface area contributed by atoms with Crippen LogP contribution in [0, 0.1) is 17.2 Å². The largest absolute Gasteiger partial charge is 0.496 e. The molecule has 1 aromatic heterocycles. The molecule has 0 aliphatic rings. The van der Waals surface area contributed by atoms with Gasteiger partial charge in [0.1, 0.15) is 23.4 Å². The lowest BCUT2D eigenvalue weighted by Crippen LogP contribution is -2.10. The molecule has 2 aromatic carbocycles. The summed E-state index contributed by atoms with van der Waals surface area (Å²) in [5.74, 6) is 1.75. The summed E-state index contributed by atoms with van der Waals surface area (Å²) in [6, 6.07) is 15.9. The minimum Gasteiger partial charge on any atom is -0.496 e. The zero-order chi connectivity index (χ0) is 24.5. The zero-order valence-corrected chi connectivity index (χ0v) is 19.9. The SMILES string of the molecule is COc1cccc(OCC(C)C)c1C=CC(=O)Nc1ccc(Cl)cc1Nc1ccc(C#N)cn1. The monoisotopic (exact) mass is 476 g/mol. The normalized spacial score (nSPS) is 10.7. The first-order chi connectivity index (χ1) is 16.4. The Bertz CT molecular complexity index is 1220. The summed E-state index contributed by atoms with van der Waals surface area (Å²) in [5.41, 5.74) is 2.20. The molecule has 3 aromatic rings. The lowest BCUT2D eigenvalue weighted by molar-refractivity contribution is -0.111. The number of nitriles is 1. The van der Waals surface area contributed by atoms with E-state index in [1.54, 1.807) is 43.5 Å². The van der Waals surface area contributed by atoms with E-state index in [0.29, 0.717) is 57.4 Å². The number of halogens is 1. The first-order valence-corrected chi connectivity index (χ1v) is 11.0. The molecule has 3 rings (SSSR count). The highest BCUT2D eigenvalue weighted by Gasteiger charge is 2.11. The smallest absolute Gasteiger partial charge is 0.248 e. The Morgan fingerprint density at radius 1 is 1.18 bits per heavy atom. The molecule has 0 aliphatic carbocycles. The Hall–Kier alpha value is -4.02. The molecule has 0 spiro atoms. The minimum absolute atomic E-state index is 0.348. The molecule has 0 atom stereocenters. The molecule has 0 unspecified atom stereocenters. The Morgan fingerprint density at radius 3 is 2.65 bits per heavy atom. The lowest BCUT2D eigenvalue weighted by atomic mass is 10.1. The van der Waals surface area contributed by atoms with Crippen molar-refractivity contribution in [1.82, 2.24) is 4.98 Å². The molecule has 0 fully saturated rings. The van der Waals surface area contributed by atoms with E-state index in [1.165, 1.54) is 12.3 Å². The molecule has 7 nitrogen and oxygen atoms in total. The van der Waals surface area contributed by atoms with Crippen LogP contribution in [0.4, 0.5) is 17.2 Å². The Labute approximate surface area is 204 Å². The standard InChI is InChI=1S/C26H25ClN4O3/c1-17(2)16-34-24-6-4-5-23(33-3)20(24)9-12-26(32)31-21-10-8-19(27)13-22(21)30-25-11-7-18(14-28)15-29-25/h4-13,15,17H,16H2,1-3H3,(H,29,30)(H,31,32). The van der Waals surface area contributed by atoms with Gasteiger partial charge in [-0.25, -0.2) is 4.98 Å². The quantitative estimate of drug-likeness (QED) is 0.365. The van der Waals surface area contributed by atoms with Crippen molar-refractivity contribution in [1.29, 1.82) is 5.26 Å².